The zero-order chi connectivity index (χ0) is 11.3. The summed E-state index contributed by atoms with van der Waals surface area (Å²) in [7, 11) is 0. The first-order chi connectivity index (χ1) is 7.09. The number of hydrogen-bond acceptors (Lipinski definition) is 3. The molecule has 1 aliphatic rings. The molecule has 0 saturated carbocycles. The number of carbonyl (C=O) groups is 2. The minimum absolute atomic E-state index is 0.0916. The molecule has 84 valence electrons. The van der Waals surface area contributed by atoms with Crippen molar-refractivity contribution in [3.05, 3.63) is 12.2 Å². The summed E-state index contributed by atoms with van der Waals surface area (Å²) >= 11 is 0. The molecule has 1 amide bonds. The molecule has 15 heavy (non-hydrogen) atoms. The number of nitrogens with two attached hydrogens (primary N) is 1. The first-order valence-electron chi connectivity index (χ1n) is 5.23. The van der Waals surface area contributed by atoms with E-state index < -0.39 is 6.09 Å². The first-order valence-corrected chi connectivity index (χ1v) is 5.23. The Kier molecular flexibility index (Phi) is 4.34. The fraction of sp³-hybridized carbons (Fsp3) is 0.636. The number of ether oxygens (including phenoxy) is 1. The summed E-state index contributed by atoms with van der Waals surface area (Å²) in [6, 6.07) is 0. The maximum Gasteiger partial charge on any atom is 0.405 e. The fourth-order valence-corrected chi connectivity index (χ4v) is 1.81. The van der Waals surface area contributed by atoms with E-state index in [0.717, 1.165) is 19.3 Å². The van der Waals surface area contributed by atoms with E-state index in [1.165, 1.54) is 0 Å². The highest BCUT2D eigenvalue weighted by atomic mass is 16.6. The number of allylic oxidation sites excluding steroid dienone is 1. The maximum absolute atomic E-state index is 11.2. The Bertz CT molecular complexity index is 273. The molecular weight excluding hydrogens is 194 g/mol. The Balaban J connectivity index is 2.53. The molecule has 0 aromatic carbocycles. The van der Waals surface area contributed by atoms with Crippen LogP contribution < -0.4 is 5.73 Å². The third kappa shape index (κ3) is 4.14. The monoisotopic (exact) mass is 211 g/mol. The first kappa shape index (κ1) is 11.8. The van der Waals surface area contributed by atoms with Crippen LogP contribution in [0.5, 0.6) is 0 Å². The van der Waals surface area contributed by atoms with Gasteiger partial charge in [0.2, 0.25) is 0 Å². The second kappa shape index (κ2) is 5.53. The number of rotatable bonds is 2. The number of amides is 1. The second-order valence-electron chi connectivity index (χ2n) is 3.87. The Morgan fingerprint density at radius 3 is 2.67 bits per heavy atom. The van der Waals surface area contributed by atoms with Crippen LogP contribution in [-0.4, -0.2) is 18.0 Å². The van der Waals surface area contributed by atoms with Crippen LogP contribution in [0.15, 0.2) is 12.2 Å². The molecule has 0 aromatic rings. The summed E-state index contributed by atoms with van der Waals surface area (Å²) in [6.07, 6.45) is 5.93. The topological polar surface area (TPSA) is 69.4 Å². The summed E-state index contributed by atoms with van der Waals surface area (Å²) in [5, 5.41) is 0. The molecule has 0 heterocycles. The fourth-order valence-electron chi connectivity index (χ4n) is 1.81. The minimum atomic E-state index is -0.760. The van der Waals surface area contributed by atoms with Crippen molar-refractivity contribution in [3.63, 3.8) is 0 Å². The SMILES string of the molecule is CC(=O)C1CC/C=C/C(OC(N)=O)CC1. The van der Waals surface area contributed by atoms with Crippen molar-refractivity contribution in [2.45, 2.75) is 38.7 Å². The predicted molar refractivity (Wildman–Crippen MR) is 56.2 cm³/mol. The van der Waals surface area contributed by atoms with Gasteiger partial charge in [-0.1, -0.05) is 6.08 Å². The van der Waals surface area contributed by atoms with E-state index in [-0.39, 0.29) is 17.8 Å². The summed E-state index contributed by atoms with van der Waals surface area (Å²) in [5.41, 5.74) is 4.95. The van der Waals surface area contributed by atoms with Crippen molar-refractivity contribution in [2.24, 2.45) is 11.7 Å². The molecule has 0 fully saturated rings. The normalized spacial score (nSPS) is 28.6. The van der Waals surface area contributed by atoms with E-state index in [0.29, 0.717) is 6.42 Å². The minimum Gasteiger partial charge on any atom is -0.442 e. The summed E-state index contributed by atoms with van der Waals surface area (Å²) in [4.78, 5) is 21.8. The lowest BCUT2D eigenvalue weighted by atomic mass is 9.90. The second-order valence-corrected chi connectivity index (χ2v) is 3.87. The molecule has 0 radical (unpaired) electrons. The zero-order valence-electron chi connectivity index (χ0n) is 8.94. The molecule has 1 rings (SSSR count). The average Bonchev–Trinajstić information content (AvgIpc) is 2.08. The lowest BCUT2D eigenvalue weighted by molar-refractivity contribution is -0.121. The van der Waals surface area contributed by atoms with Crippen LogP contribution in [0.1, 0.15) is 32.6 Å². The molecule has 4 heteroatoms. The van der Waals surface area contributed by atoms with Crippen LogP contribution in [0.4, 0.5) is 4.79 Å². The molecule has 2 atom stereocenters. The summed E-state index contributed by atoms with van der Waals surface area (Å²) < 4.78 is 4.90. The lowest BCUT2D eigenvalue weighted by Gasteiger charge is -2.19. The van der Waals surface area contributed by atoms with Gasteiger partial charge in [-0.15, -0.1) is 0 Å². The molecule has 0 spiro atoms. The summed E-state index contributed by atoms with van der Waals surface area (Å²) in [5.74, 6) is 0.303. The standard InChI is InChI=1S/C11H17NO3/c1-8(13)9-4-2-3-5-10(7-6-9)15-11(12)14/h3,5,9-10H,2,4,6-7H2,1H3,(H2,12,14)/b5-3+. The molecule has 0 saturated heterocycles. The highest BCUT2D eigenvalue weighted by Crippen LogP contribution is 2.21. The average molecular weight is 211 g/mol. The molecular formula is C11H17NO3. The van der Waals surface area contributed by atoms with Crippen LogP contribution in [-0.2, 0) is 9.53 Å². The van der Waals surface area contributed by atoms with Gasteiger partial charge in [0, 0.05) is 5.92 Å². The molecule has 0 aromatic heterocycles. The number of primary amides is 1. The van der Waals surface area contributed by atoms with Crippen LogP contribution in [0.25, 0.3) is 0 Å². The van der Waals surface area contributed by atoms with Gasteiger partial charge >= 0.3 is 6.09 Å². The van der Waals surface area contributed by atoms with Crippen LogP contribution >= 0.6 is 0 Å². The van der Waals surface area contributed by atoms with Gasteiger partial charge in [-0.2, -0.15) is 0 Å². The van der Waals surface area contributed by atoms with Gasteiger partial charge in [-0.25, -0.2) is 4.79 Å². The Labute approximate surface area is 89.5 Å². The van der Waals surface area contributed by atoms with Gasteiger partial charge in [0.05, 0.1) is 0 Å². The van der Waals surface area contributed by atoms with Crippen molar-refractivity contribution >= 4 is 11.9 Å². The number of carbonyl (C=O) groups excluding carboxylic acids is 2. The van der Waals surface area contributed by atoms with Gasteiger partial charge < -0.3 is 10.5 Å². The van der Waals surface area contributed by atoms with E-state index in [4.69, 9.17) is 10.5 Å². The van der Waals surface area contributed by atoms with Gasteiger partial charge in [-0.05, 0) is 38.7 Å². The van der Waals surface area contributed by atoms with Crippen molar-refractivity contribution < 1.29 is 14.3 Å². The Morgan fingerprint density at radius 1 is 1.33 bits per heavy atom. The molecule has 2 unspecified atom stereocenters. The molecule has 1 aliphatic carbocycles. The van der Waals surface area contributed by atoms with E-state index in [1.54, 1.807) is 6.92 Å². The van der Waals surface area contributed by atoms with Crippen LogP contribution in [0.2, 0.25) is 0 Å². The highest BCUT2D eigenvalue weighted by Gasteiger charge is 2.18. The van der Waals surface area contributed by atoms with Crippen LogP contribution in [0.3, 0.4) is 0 Å². The van der Waals surface area contributed by atoms with E-state index in [1.807, 2.05) is 12.2 Å². The predicted octanol–water partition coefficient (Wildman–Crippen LogP) is 1.79. The van der Waals surface area contributed by atoms with E-state index >= 15 is 0 Å². The van der Waals surface area contributed by atoms with Crippen LogP contribution in [0, 0.1) is 5.92 Å². The number of ketones is 1. The Hall–Kier alpha value is -1.32. The molecule has 0 aliphatic heterocycles. The molecule has 0 bridgehead atoms. The summed E-state index contributed by atoms with van der Waals surface area (Å²) in [6.45, 7) is 1.61. The third-order valence-corrected chi connectivity index (χ3v) is 2.67. The maximum atomic E-state index is 11.2. The lowest BCUT2D eigenvalue weighted by Crippen LogP contribution is -2.23. The number of Topliss-reactive ketones (excluding diaryl/α,β-unsaturated/α-hetero) is 1. The van der Waals surface area contributed by atoms with E-state index in [2.05, 4.69) is 0 Å². The zero-order valence-corrected chi connectivity index (χ0v) is 8.94. The van der Waals surface area contributed by atoms with Gasteiger partial charge in [-0.3, -0.25) is 4.79 Å². The van der Waals surface area contributed by atoms with Crippen molar-refractivity contribution in [2.75, 3.05) is 0 Å². The van der Waals surface area contributed by atoms with Crippen molar-refractivity contribution in [3.8, 4) is 0 Å². The molecule has 4 nitrogen and oxygen atoms in total. The smallest absolute Gasteiger partial charge is 0.405 e. The van der Waals surface area contributed by atoms with Gasteiger partial charge in [0.25, 0.3) is 0 Å². The third-order valence-electron chi connectivity index (χ3n) is 2.67. The Morgan fingerprint density at radius 2 is 2.07 bits per heavy atom. The quantitative estimate of drug-likeness (QED) is 0.708. The molecule has 2 N–H and O–H groups in total. The van der Waals surface area contributed by atoms with Gasteiger partial charge in [0.15, 0.2) is 0 Å². The van der Waals surface area contributed by atoms with Gasteiger partial charge in [0.1, 0.15) is 11.9 Å². The largest absolute Gasteiger partial charge is 0.442 e. The van der Waals surface area contributed by atoms with Crippen molar-refractivity contribution in [1.82, 2.24) is 0 Å². The van der Waals surface area contributed by atoms with E-state index in [9.17, 15) is 9.59 Å². The van der Waals surface area contributed by atoms with Crippen molar-refractivity contribution in [1.29, 1.82) is 0 Å². The number of hydrogen-bond donors (Lipinski definition) is 1. The highest BCUT2D eigenvalue weighted by molar-refractivity contribution is 5.78.